The van der Waals surface area contributed by atoms with Gasteiger partial charge >= 0.3 is 0 Å². The molecule has 3 rings (SSSR count). The van der Waals surface area contributed by atoms with E-state index in [0.29, 0.717) is 18.5 Å². The van der Waals surface area contributed by atoms with Crippen molar-refractivity contribution in [2.75, 3.05) is 5.32 Å². The van der Waals surface area contributed by atoms with Crippen LogP contribution in [0.15, 0.2) is 30.6 Å². The number of amides is 1. The van der Waals surface area contributed by atoms with Crippen LogP contribution in [0, 0.1) is 0 Å². The molecule has 2 N–H and O–H groups in total. The summed E-state index contributed by atoms with van der Waals surface area (Å²) in [6.07, 6.45) is 5.19. The molecule has 116 valence electrons. The number of hydrogen-bond acceptors (Lipinski definition) is 4. The van der Waals surface area contributed by atoms with Gasteiger partial charge in [-0.15, -0.1) is 10.2 Å². The number of benzene rings is 1. The van der Waals surface area contributed by atoms with Crippen LogP contribution in [0.2, 0.25) is 0 Å². The summed E-state index contributed by atoms with van der Waals surface area (Å²) in [6.45, 7) is 0. The Balaban J connectivity index is 1.70. The highest BCUT2D eigenvalue weighted by Crippen LogP contribution is 2.32. The summed E-state index contributed by atoms with van der Waals surface area (Å²) in [6, 6.07) is 7.48. The first-order valence-corrected chi connectivity index (χ1v) is 7.52. The van der Waals surface area contributed by atoms with E-state index in [0.717, 1.165) is 24.2 Å². The van der Waals surface area contributed by atoms with E-state index in [4.69, 9.17) is 0 Å². The van der Waals surface area contributed by atoms with Crippen molar-refractivity contribution in [1.82, 2.24) is 14.8 Å². The molecule has 0 saturated heterocycles. The van der Waals surface area contributed by atoms with Gasteiger partial charge in [-0.2, -0.15) is 0 Å². The highest BCUT2D eigenvalue weighted by Gasteiger charge is 2.33. The number of aromatic nitrogens is 3. The summed E-state index contributed by atoms with van der Waals surface area (Å²) < 4.78 is 1.82. The number of hydrogen-bond donors (Lipinski definition) is 2. The number of nitrogens with zero attached hydrogens (tertiary/aromatic N) is 3. The molecule has 2 aromatic rings. The van der Waals surface area contributed by atoms with Crippen LogP contribution in [0.4, 0.5) is 5.69 Å². The van der Waals surface area contributed by atoms with E-state index >= 15 is 0 Å². The van der Waals surface area contributed by atoms with Crippen LogP contribution in [0.25, 0.3) is 11.4 Å². The summed E-state index contributed by atoms with van der Waals surface area (Å²) in [7, 11) is 1.87. The van der Waals surface area contributed by atoms with Gasteiger partial charge in [-0.25, -0.2) is 0 Å². The van der Waals surface area contributed by atoms with E-state index in [9.17, 15) is 9.90 Å². The van der Waals surface area contributed by atoms with Crippen LogP contribution in [0.1, 0.15) is 32.1 Å². The molecule has 1 aromatic heterocycles. The summed E-state index contributed by atoms with van der Waals surface area (Å²) in [4.78, 5) is 12.1. The van der Waals surface area contributed by atoms with Crippen molar-refractivity contribution in [2.24, 2.45) is 7.05 Å². The molecule has 22 heavy (non-hydrogen) atoms. The summed E-state index contributed by atoms with van der Waals surface area (Å²) in [5.41, 5.74) is 0.759. The Kier molecular flexibility index (Phi) is 3.94. The van der Waals surface area contributed by atoms with Crippen LogP contribution >= 0.6 is 0 Å². The summed E-state index contributed by atoms with van der Waals surface area (Å²) in [5.74, 6) is 0.588. The maximum atomic E-state index is 12.1. The van der Waals surface area contributed by atoms with E-state index in [-0.39, 0.29) is 12.3 Å². The first-order chi connectivity index (χ1) is 10.6. The van der Waals surface area contributed by atoms with Crippen LogP contribution < -0.4 is 5.32 Å². The second-order valence-corrected chi connectivity index (χ2v) is 6.00. The van der Waals surface area contributed by atoms with E-state index in [2.05, 4.69) is 15.5 Å². The SMILES string of the molecule is Cn1cnnc1-c1cccc(NC(=O)CC2(O)CCCC2)c1. The molecule has 0 unspecified atom stereocenters. The molecule has 1 aliphatic rings. The minimum Gasteiger partial charge on any atom is -0.389 e. The monoisotopic (exact) mass is 300 g/mol. The Morgan fingerprint density at radius 1 is 1.41 bits per heavy atom. The van der Waals surface area contributed by atoms with Gasteiger partial charge in [0.2, 0.25) is 5.91 Å². The lowest BCUT2D eigenvalue weighted by Crippen LogP contribution is -2.30. The molecule has 6 nitrogen and oxygen atoms in total. The van der Waals surface area contributed by atoms with Gasteiger partial charge < -0.3 is 15.0 Å². The fourth-order valence-electron chi connectivity index (χ4n) is 2.99. The normalized spacial score (nSPS) is 16.6. The van der Waals surface area contributed by atoms with E-state index in [1.54, 1.807) is 6.33 Å². The number of carbonyl (C=O) groups is 1. The van der Waals surface area contributed by atoms with E-state index < -0.39 is 5.60 Å². The van der Waals surface area contributed by atoms with Crippen molar-refractivity contribution in [2.45, 2.75) is 37.7 Å². The molecular formula is C16H20N4O2. The summed E-state index contributed by atoms with van der Waals surface area (Å²) >= 11 is 0. The Morgan fingerprint density at radius 2 is 2.18 bits per heavy atom. The Bertz CT molecular complexity index is 674. The molecule has 0 radical (unpaired) electrons. The molecule has 1 fully saturated rings. The molecule has 0 atom stereocenters. The Hall–Kier alpha value is -2.21. The van der Waals surface area contributed by atoms with Crippen LogP contribution in [0.5, 0.6) is 0 Å². The first-order valence-electron chi connectivity index (χ1n) is 7.52. The third kappa shape index (κ3) is 3.17. The van der Waals surface area contributed by atoms with Crippen molar-refractivity contribution in [1.29, 1.82) is 0 Å². The average molecular weight is 300 g/mol. The second kappa shape index (κ2) is 5.88. The Morgan fingerprint density at radius 3 is 2.86 bits per heavy atom. The highest BCUT2D eigenvalue weighted by atomic mass is 16.3. The quantitative estimate of drug-likeness (QED) is 0.906. The topological polar surface area (TPSA) is 80.0 Å². The third-order valence-corrected chi connectivity index (χ3v) is 4.14. The minimum absolute atomic E-state index is 0.153. The fourth-order valence-corrected chi connectivity index (χ4v) is 2.99. The number of carbonyl (C=O) groups excluding carboxylic acids is 1. The van der Waals surface area contributed by atoms with Crippen LogP contribution in [0.3, 0.4) is 0 Å². The molecular weight excluding hydrogens is 280 g/mol. The molecule has 1 heterocycles. The first kappa shape index (κ1) is 14.7. The van der Waals surface area contributed by atoms with Crippen molar-refractivity contribution >= 4 is 11.6 Å². The number of rotatable bonds is 4. The van der Waals surface area contributed by atoms with Crippen molar-refractivity contribution in [3.8, 4) is 11.4 Å². The summed E-state index contributed by atoms with van der Waals surface area (Å²) in [5, 5.41) is 21.1. The predicted molar refractivity (Wildman–Crippen MR) is 83.1 cm³/mol. The second-order valence-electron chi connectivity index (χ2n) is 6.00. The molecule has 0 spiro atoms. The lowest BCUT2D eigenvalue weighted by molar-refractivity contribution is -0.120. The van der Waals surface area contributed by atoms with Crippen molar-refractivity contribution < 1.29 is 9.90 Å². The number of nitrogens with one attached hydrogen (secondary N) is 1. The zero-order valence-electron chi connectivity index (χ0n) is 12.6. The smallest absolute Gasteiger partial charge is 0.227 e. The molecule has 1 saturated carbocycles. The predicted octanol–water partition coefficient (Wildman–Crippen LogP) is 2.12. The molecule has 1 aromatic carbocycles. The molecule has 6 heteroatoms. The largest absolute Gasteiger partial charge is 0.389 e. The van der Waals surface area contributed by atoms with Crippen LogP contribution in [-0.2, 0) is 11.8 Å². The highest BCUT2D eigenvalue weighted by molar-refractivity contribution is 5.92. The lowest BCUT2D eigenvalue weighted by Gasteiger charge is -2.21. The van der Waals surface area contributed by atoms with Gasteiger partial charge in [0.05, 0.1) is 12.0 Å². The van der Waals surface area contributed by atoms with E-state index in [1.807, 2.05) is 35.9 Å². The van der Waals surface area contributed by atoms with Gasteiger partial charge in [0, 0.05) is 18.3 Å². The maximum absolute atomic E-state index is 12.1. The standard InChI is InChI=1S/C16H20N4O2/c1-20-11-17-19-15(20)12-5-4-6-13(9-12)18-14(21)10-16(22)7-2-3-8-16/h4-6,9,11,22H,2-3,7-8,10H2,1H3,(H,18,21). The maximum Gasteiger partial charge on any atom is 0.227 e. The number of aryl methyl sites for hydroxylation is 1. The van der Waals surface area contributed by atoms with Gasteiger partial charge in [-0.3, -0.25) is 4.79 Å². The van der Waals surface area contributed by atoms with Gasteiger partial charge in [-0.05, 0) is 25.0 Å². The van der Waals surface area contributed by atoms with Crippen LogP contribution in [-0.4, -0.2) is 31.4 Å². The average Bonchev–Trinajstić information content (AvgIpc) is 3.07. The number of anilines is 1. The molecule has 1 aliphatic carbocycles. The molecule has 1 amide bonds. The zero-order chi connectivity index (χ0) is 15.6. The fraction of sp³-hybridized carbons (Fsp3) is 0.438. The van der Waals surface area contributed by atoms with Crippen molar-refractivity contribution in [3.63, 3.8) is 0 Å². The van der Waals surface area contributed by atoms with Gasteiger partial charge in [0.1, 0.15) is 6.33 Å². The molecule has 0 aliphatic heterocycles. The zero-order valence-corrected chi connectivity index (χ0v) is 12.6. The van der Waals surface area contributed by atoms with Gasteiger partial charge in [0.25, 0.3) is 0 Å². The van der Waals surface area contributed by atoms with Gasteiger partial charge in [-0.1, -0.05) is 25.0 Å². The molecule has 0 bridgehead atoms. The lowest BCUT2D eigenvalue weighted by atomic mass is 9.97. The third-order valence-electron chi connectivity index (χ3n) is 4.14. The van der Waals surface area contributed by atoms with Crippen molar-refractivity contribution in [3.05, 3.63) is 30.6 Å². The Labute approximate surface area is 129 Å². The van der Waals surface area contributed by atoms with E-state index in [1.165, 1.54) is 0 Å². The number of aliphatic hydroxyl groups is 1. The van der Waals surface area contributed by atoms with Gasteiger partial charge in [0.15, 0.2) is 5.82 Å². The minimum atomic E-state index is -0.828.